The quantitative estimate of drug-likeness (QED) is 0.672. The average Bonchev–Trinajstić information content (AvgIpc) is 2.62. The minimum atomic E-state index is -2.86. The second-order valence-electron chi connectivity index (χ2n) is 7.45. The molecule has 3 unspecified atom stereocenters. The Morgan fingerprint density at radius 1 is 1.07 bits per heavy atom. The van der Waals surface area contributed by atoms with E-state index in [2.05, 4.69) is 0 Å². The molecule has 2 rings (SSSR count). The van der Waals surface area contributed by atoms with Crippen molar-refractivity contribution in [1.82, 2.24) is 4.31 Å². The predicted octanol–water partition coefficient (Wildman–Crippen LogP) is 2.90. The van der Waals surface area contributed by atoms with Crippen molar-refractivity contribution in [1.29, 1.82) is 0 Å². The Bertz CT molecular complexity index is 806. The topological polar surface area (TPSA) is 66.6 Å². The van der Waals surface area contributed by atoms with Gasteiger partial charge in [-0.15, -0.1) is 0 Å². The largest absolute Gasteiger partial charge is 0.390 e. The van der Waals surface area contributed by atoms with Crippen LogP contribution in [0.5, 0.6) is 0 Å². The van der Waals surface area contributed by atoms with E-state index in [1.54, 1.807) is 4.31 Å². The molecule has 3 N–H and O–H groups in total. The zero-order chi connectivity index (χ0) is 20.0. The van der Waals surface area contributed by atoms with Gasteiger partial charge in [0.25, 0.3) is 0 Å². The van der Waals surface area contributed by atoms with Crippen LogP contribution in [-0.4, -0.2) is 38.9 Å². The van der Waals surface area contributed by atoms with Gasteiger partial charge in [-0.25, -0.2) is 8.51 Å². The molecule has 27 heavy (non-hydrogen) atoms. The van der Waals surface area contributed by atoms with Crippen LogP contribution in [0.1, 0.15) is 25.0 Å². The molecule has 0 saturated carbocycles. The molecule has 2 aromatic carbocycles. The summed E-state index contributed by atoms with van der Waals surface area (Å²) in [6, 6.07) is 16.8. The molecule has 0 spiro atoms. The first kappa shape index (κ1) is 22.0. The van der Waals surface area contributed by atoms with Crippen LogP contribution in [0.2, 0.25) is 0 Å². The summed E-state index contributed by atoms with van der Waals surface area (Å²) in [6.07, 6.45) is -0.265. The standard InChI is InChI=1S/C21H30N2O2S2/c1-16(2)14-23(27(25,26)19-11-9-17(3)10-12-19)15-21(24)20(22)13-18-7-5-4-6-8-18/h4-12,16,20-21,24H,13-15,22H2,1-3H3. The summed E-state index contributed by atoms with van der Waals surface area (Å²) in [4.78, 5) is 0.604. The molecular weight excluding hydrogens is 376 g/mol. The minimum Gasteiger partial charge on any atom is -0.390 e. The normalized spacial score (nSPS) is 16.3. The van der Waals surface area contributed by atoms with Gasteiger partial charge >= 0.3 is 0 Å². The maximum absolute atomic E-state index is 13.4. The van der Waals surface area contributed by atoms with Gasteiger partial charge in [0.1, 0.15) is 8.68 Å². The third kappa shape index (κ3) is 6.36. The Morgan fingerprint density at radius 2 is 1.67 bits per heavy atom. The lowest BCUT2D eigenvalue weighted by Crippen LogP contribution is -2.47. The molecular formula is C21H30N2O2S2. The number of aryl methyl sites for hydroxylation is 1. The SMILES string of the molecule is Cc1ccc(S(=O)(=S)N(CC(C)C)CC(O)C(N)Cc2ccccc2)cc1. The molecule has 2 aromatic rings. The van der Waals surface area contributed by atoms with Crippen molar-refractivity contribution in [3.05, 3.63) is 65.7 Å². The number of nitrogens with zero attached hydrogens (tertiary/aromatic N) is 1. The minimum absolute atomic E-state index is 0.183. The highest BCUT2D eigenvalue weighted by molar-refractivity contribution is 8.31. The molecule has 6 heteroatoms. The highest BCUT2D eigenvalue weighted by Gasteiger charge is 2.26. The number of aliphatic hydroxyl groups is 1. The van der Waals surface area contributed by atoms with Crippen LogP contribution in [0, 0.1) is 12.8 Å². The van der Waals surface area contributed by atoms with Crippen LogP contribution in [0.25, 0.3) is 0 Å². The lowest BCUT2D eigenvalue weighted by Gasteiger charge is -2.30. The fraction of sp³-hybridized carbons (Fsp3) is 0.429. The zero-order valence-electron chi connectivity index (χ0n) is 16.2. The summed E-state index contributed by atoms with van der Waals surface area (Å²) >= 11 is 5.53. The number of nitrogens with two attached hydrogens (primary N) is 1. The second kappa shape index (κ2) is 9.75. The Morgan fingerprint density at radius 3 is 2.22 bits per heavy atom. The molecule has 0 aliphatic heterocycles. The Labute approximate surface area is 168 Å². The smallest absolute Gasteiger partial charge is 0.121 e. The van der Waals surface area contributed by atoms with Crippen molar-refractivity contribution >= 4 is 19.9 Å². The highest BCUT2D eigenvalue weighted by Crippen LogP contribution is 2.19. The van der Waals surface area contributed by atoms with Crippen molar-refractivity contribution in [2.75, 3.05) is 13.1 Å². The van der Waals surface area contributed by atoms with Crippen LogP contribution < -0.4 is 5.73 Å². The van der Waals surface area contributed by atoms with E-state index in [0.717, 1.165) is 11.1 Å². The van der Waals surface area contributed by atoms with Gasteiger partial charge in [0.2, 0.25) is 0 Å². The maximum Gasteiger partial charge on any atom is 0.121 e. The van der Waals surface area contributed by atoms with Gasteiger partial charge < -0.3 is 10.8 Å². The summed E-state index contributed by atoms with van der Waals surface area (Å²) in [5, 5.41) is 10.7. The zero-order valence-corrected chi connectivity index (χ0v) is 17.9. The van der Waals surface area contributed by atoms with Crippen molar-refractivity contribution in [2.45, 2.75) is 44.2 Å². The highest BCUT2D eigenvalue weighted by atomic mass is 32.8. The van der Waals surface area contributed by atoms with Gasteiger partial charge in [-0.2, -0.15) is 0 Å². The molecule has 0 bridgehead atoms. The van der Waals surface area contributed by atoms with Gasteiger partial charge in [0.15, 0.2) is 0 Å². The van der Waals surface area contributed by atoms with Crippen molar-refractivity contribution in [2.24, 2.45) is 11.7 Å². The van der Waals surface area contributed by atoms with Gasteiger partial charge in [0.05, 0.1) is 11.0 Å². The summed E-state index contributed by atoms with van der Waals surface area (Å²) in [6.45, 7) is 6.79. The van der Waals surface area contributed by atoms with Crippen molar-refractivity contribution in [3.63, 3.8) is 0 Å². The predicted molar refractivity (Wildman–Crippen MR) is 115 cm³/mol. The van der Waals surface area contributed by atoms with Crippen molar-refractivity contribution in [3.8, 4) is 0 Å². The number of rotatable bonds is 9. The van der Waals surface area contributed by atoms with E-state index in [1.165, 1.54) is 0 Å². The Hall–Kier alpha value is -1.31. The first-order chi connectivity index (χ1) is 12.7. The molecule has 0 aromatic heterocycles. The third-order valence-corrected chi connectivity index (χ3v) is 7.48. The van der Waals surface area contributed by atoms with Crippen LogP contribution in [0.15, 0.2) is 59.5 Å². The number of hydrogen-bond donors (Lipinski definition) is 2. The average molecular weight is 407 g/mol. The van der Waals surface area contributed by atoms with E-state index in [9.17, 15) is 9.32 Å². The fourth-order valence-corrected chi connectivity index (χ4v) is 5.22. The third-order valence-electron chi connectivity index (χ3n) is 4.43. The van der Waals surface area contributed by atoms with E-state index in [0.29, 0.717) is 17.9 Å². The Kier molecular flexibility index (Phi) is 7.94. The van der Waals surface area contributed by atoms with E-state index in [-0.39, 0.29) is 12.5 Å². The fourth-order valence-electron chi connectivity index (χ4n) is 2.90. The van der Waals surface area contributed by atoms with Crippen LogP contribution in [0.3, 0.4) is 0 Å². The molecule has 0 radical (unpaired) electrons. The van der Waals surface area contributed by atoms with E-state index in [1.807, 2.05) is 75.4 Å². The van der Waals surface area contributed by atoms with Crippen LogP contribution in [0.4, 0.5) is 0 Å². The summed E-state index contributed by atoms with van der Waals surface area (Å²) in [5.41, 5.74) is 8.38. The molecule has 0 saturated heterocycles. The molecule has 0 fully saturated rings. The first-order valence-corrected chi connectivity index (χ1v) is 11.7. The van der Waals surface area contributed by atoms with Crippen LogP contribution >= 0.6 is 0 Å². The van der Waals surface area contributed by atoms with Gasteiger partial charge in [-0.05, 0) is 37.0 Å². The Balaban J connectivity index is 2.16. The molecule has 148 valence electrons. The number of aliphatic hydroxyl groups excluding tert-OH is 1. The lowest BCUT2D eigenvalue weighted by atomic mass is 10.0. The second-order valence-corrected chi connectivity index (χ2v) is 10.7. The van der Waals surface area contributed by atoms with E-state index < -0.39 is 20.8 Å². The van der Waals surface area contributed by atoms with E-state index >= 15 is 0 Å². The molecule has 0 aliphatic rings. The van der Waals surface area contributed by atoms with Gasteiger partial charge in [-0.1, -0.05) is 61.9 Å². The summed E-state index contributed by atoms with van der Waals surface area (Å²) in [7, 11) is -2.86. The molecule has 0 aliphatic carbocycles. The van der Waals surface area contributed by atoms with E-state index in [4.69, 9.17) is 16.9 Å². The molecule has 0 heterocycles. The maximum atomic E-state index is 13.4. The number of benzene rings is 2. The summed E-state index contributed by atoms with van der Waals surface area (Å²) in [5.74, 6) is 0.261. The number of hydrogen-bond acceptors (Lipinski definition) is 4. The van der Waals surface area contributed by atoms with Gasteiger partial charge in [0, 0.05) is 30.3 Å². The van der Waals surface area contributed by atoms with Crippen LogP contribution in [-0.2, 0) is 26.3 Å². The molecule has 4 nitrogen and oxygen atoms in total. The lowest BCUT2D eigenvalue weighted by molar-refractivity contribution is 0.118. The monoisotopic (exact) mass is 406 g/mol. The van der Waals surface area contributed by atoms with Crippen molar-refractivity contribution < 1.29 is 9.32 Å². The molecule has 0 amide bonds. The van der Waals surface area contributed by atoms with Gasteiger partial charge in [-0.3, -0.25) is 0 Å². The first-order valence-electron chi connectivity index (χ1n) is 9.24. The summed E-state index contributed by atoms with van der Waals surface area (Å²) < 4.78 is 15.2. The molecule has 3 atom stereocenters.